The summed E-state index contributed by atoms with van der Waals surface area (Å²) in [6.07, 6.45) is 0.295. The van der Waals surface area contributed by atoms with Crippen molar-refractivity contribution in [1.82, 2.24) is 0 Å². The van der Waals surface area contributed by atoms with Crippen molar-refractivity contribution in [3.8, 4) is 0 Å². The summed E-state index contributed by atoms with van der Waals surface area (Å²) in [7, 11) is 2.08. The topological polar surface area (TPSA) is 12.5 Å². The highest BCUT2D eigenvalue weighted by molar-refractivity contribution is 6.17. The molecule has 0 spiro atoms. The summed E-state index contributed by atoms with van der Waals surface area (Å²) in [6.45, 7) is 7.86. The van der Waals surface area contributed by atoms with Gasteiger partial charge in [0.05, 0.1) is 12.7 Å². The number of halogens is 1. The Morgan fingerprint density at radius 1 is 1.35 bits per heavy atom. The minimum atomic E-state index is 0.295. The molecule has 1 aromatic rings. The number of alkyl halides is 1. The van der Waals surface area contributed by atoms with E-state index in [1.165, 1.54) is 16.8 Å². The van der Waals surface area contributed by atoms with Crippen LogP contribution in [0.3, 0.4) is 0 Å². The van der Waals surface area contributed by atoms with E-state index in [-0.39, 0.29) is 0 Å². The third-order valence-corrected chi connectivity index (χ3v) is 3.08. The first-order valence-corrected chi connectivity index (χ1v) is 6.56. The average Bonchev–Trinajstić information content (AvgIpc) is 2.28. The number of rotatable bonds is 6. The van der Waals surface area contributed by atoms with Gasteiger partial charge in [0.25, 0.3) is 0 Å². The Hall–Kier alpha value is -0.730. The lowest BCUT2D eigenvalue weighted by molar-refractivity contribution is 0.0846. The van der Waals surface area contributed by atoms with E-state index in [9.17, 15) is 0 Å². The van der Waals surface area contributed by atoms with Gasteiger partial charge in [-0.05, 0) is 44.0 Å². The second kappa shape index (κ2) is 6.87. The normalized spacial score (nSPS) is 10.9. The molecule has 0 N–H and O–H groups in total. The maximum Gasteiger partial charge on any atom is 0.0644 e. The number of benzene rings is 1. The van der Waals surface area contributed by atoms with Crippen molar-refractivity contribution in [3.63, 3.8) is 0 Å². The zero-order valence-electron chi connectivity index (χ0n) is 11.2. The third-order valence-electron chi connectivity index (χ3n) is 2.79. The highest BCUT2D eigenvalue weighted by Gasteiger charge is 2.04. The zero-order chi connectivity index (χ0) is 12.8. The van der Waals surface area contributed by atoms with Crippen molar-refractivity contribution in [2.24, 2.45) is 0 Å². The van der Waals surface area contributed by atoms with Crippen molar-refractivity contribution < 1.29 is 4.74 Å². The van der Waals surface area contributed by atoms with Crippen molar-refractivity contribution in [2.45, 2.75) is 32.8 Å². The van der Waals surface area contributed by atoms with Gasteiger partial charge in [-0.2, -0.15) is 0 Å². The number of anilines is 1. The number of ether oxygens (including phenoxy) is 1. The van der Waals surface area contributed by atoms with Crippen molar-refractivity contribution in [3.05, 3.63) is 29.3 Å². The van der Waals surface area contributed by atoms with E-state index in [4.69, 9.17) is 16.3 Å². The molecule has 0 aliphatic rings. The van der Waals surface area contributed by atoms with E-state index in [0.717, 1.165) is 13.2 Å². The van der Waals surface area contributed by atoms with Crippen LogP contribution in [0.4, 0.5) is 5.69 Å². The quantitative estimate of drug-likeness (QED) is 0.721. The van der Waals surface area contributed by atoms with E-state index in [2.05, 4.69) is 50.9 Å². The molecule has 1 aromatic carbocycles. The molecule has 0 heterocycles. The lowest BCUT2D eigenvalue weighted by atomic mass is 10.1. The predicted molar refractivity (Wildman–Crippen MR) is 75.1 cm³/mol. The molecule has 0 aromatic heterocycles. The molecule has 0 amide bonds. The zero-order valence-corrected chi connectivity index (χ0v) is 11.9. The highest BCUT2D eigenvalue weighted by Crippen LogP contribution is 2.19. The standard InChI is InChI=1S/C14H22ClNO/c1-11(2)17-8-7-16(4)14-6-5-13(10-15)12(3)9-14/h5-6,9,11H,7-8,10H2,1-4H3. The summed E-state index contributed by atoms with van der Waals surface area (Å²) in [6, 6.07) is 6.38. The van der Waals surface area contributed by atoms with Gasteiger partial charge in [0.15, 0.2) is 0 Å². The fraction of sp³-hybridized carbons (Fsp3) is 0.571. The van der Waals surface area contributed by atoms with Gasteiger partial charge in [0.2, 0.25) is 0 Å². The molecule has 0 aliphatic heterocycles. The second-order valence-corrected chi connectivity index (χ2v) is 4.85. The predicted octanol–water partition coefficient (Wildman–Crippen LogP) is 3.60. The van der Waals surface area contributed by atoms with Crippen molar-refractivity contribution in [2.75, 3.05) is 25.1 Å². The van der Waals surface area contributed by atoms with E-state index in [1.807, 2.05) is 0 Å². The molecule has 0 bridgehead atoms. The van der Waals surface area contributed by atoms with Crippen LogP contribution in [-0.2, 0) is 10.6 Å². The molecule has 0 radical (unpaired) electrons. The van der Waals surface area contributed by atoms with Crippen LogP contribution < -0.4 is 4.90 Å². The minimum Gasteiger partial charge on any atom is -0.377 e. The van der Waals surface area contributed by atoms with Crippen LogP contribution in [0.25, 0.3) is 0 Å². The summed E-state index contributed by atoms with van der Waals surface area (Å²) >= 11 is 5.85. The molecule has 1 rings (SSSR count). The molecule has 17 heavy (non-hydrogen) atoms. The van der Waals surface area contributed by atoms with Crippen LogP contribution in [0.15, 0.2) is 18.2 Å². The summed E-state index contributed by atoms with van der Waals surface area (Å²) in [5.41, 5.74) is 3.65. The summed E-state index contributed by atoms with van der Waals surface area (Å²) in [5, 5.41) is 0. The van der Waals surface area contributed by atoms with Gasteiger partial charge in [0.1, 0.15) is 0 Å². The van der Waals surface area contributed by atoms with Crippen LogP contribution in [0, 0.1) is 6.92 Å². The molecule has 0 saturated carbocycles. The second-order valence-electron chi connectivity index (χ2n) is 4.59. The molecular weight excluding hydrogens is 234 g/mol. The minimum absolute atomic E-state index is 0.295. The van der Waals surface area contributed by atoms with Crippen LogP contribution in [-0.4, -0.2) is 26.3 Å². The Kier molecular flexibility index (Phi) is 5.79. The first-order valence-electron chi connectivity index (χ1n) is 6.02. The largest absolute Gasteiger partial charge is 0.377 e. The fourth-order valence-corrected chi connectivity index (χ4v) is 1.92. The number of likely N-dealkylation sites (N-methyl/N-ethyl adjacent to an activating group) is 1. The average molecular weight is 256 g/mol. The fourth-order valence-electron chi connectivity index (χ4n) is 1.62. The molecule has 0 atom stereocenters. The Bertz CT molecular complexity index is 352. The van der Waals surface area contributed by atoms with Crippen molar-refractivity contribution >= 4 is 17.3 Å². The van der Waals surface area contributed by atoms with Gasteiger partial charge >= 0.3 is 0 Å². The Morgan fingerprint density at radius 2 is 2.06 bits per heavy atom. The third kappa shape index (κ3) is 4.57. The summed E-state index contributed by atoms with van der Waals surface area (Å²) < 4.78 is 5.55. The molecule has 96 valence electrons. The summed E-state index contributed by atoms with van der Waals surface area (Å²) in [4.78, 5) is 2.20. The smallest absolute Gasteiger partial charge is 0.0644 e. The lowest BCUT2D eigenvalue weighted by Gasteiger charge is -2.21. The van der Waals surface area contributed by atoms with Crippen LogP contribution in [0.2, 0.25) is 0 Å². The van der Waals surface area contributed by atoms with Gasteiger partial charge in [-0.1, -0.05) is 6.07 Å². The van der Waals surface area contributed by atoms with E-state index < -0.39 is 0 Å². The van der Waals surface area contributed by atoms with Crippen LogP contribution in [0.5, 0.6) is 0 Å². The molecule has 2 nitrogen and oxygen atoms in total. The first-order chi connectivity index (χ1) is 8.04. The van der Waals surface area contributed by atoms with Gasteiger partial charge in [0, 0.05) is 25.2 Å². The Morgan fingerprint density at radius 3 is 2.59 bits per heavy atom. The molecule has 3 heteroatoms. The van der Waals surface area contributed by atoms with E-state index >= 15 is 0 Å². The van der Waals surface area contributed by atoms with Gasteiger partial charge in [-0.3, -0.25) is 0 Å². The molecular formula is C14H22ClNO. The Labute approximate surface area is 110 Å². The SMILES string of the molecule is Cc1cc(N(C)CCOC(C)C)ccc1CCl. The molecule has 0 saturated heterocycles. The molecule has 0 unspecified atom stereocenters. The van der Waals surface area contributed by atoms with E-state index in [1.54, 1.807) is 0 Å². The number of aryl methyl sites for hydroxylation is 1. The number of hydrogen-bond acceptors (Lipinski definition) is 2. The number of nitrogens with zero attached hydrogens (tertiary/aromatic N) is 1. The summed E-state index contributed by atoms with van der Waals surface area (Å²) in [5.74, 6) is 0.576. The van der Waals surface area contributed by atoms with Gasteiger partial charge in [-0.15, -0.1) is 11.6 Å². The Balaban J connectivity index is 2.57. The molecule has 0 fully saturated rings. The van der Waals surface area contributed by atoms with Gasteiger partial charge in [-0.25, -0.2) is 0 Å². The van der Waals surface area contributed by atoms with Gasteiger partial charge < -0.3 is 9.64 Å². The first kappa shape index (κ1) is 14.3. The highest BCUT2D eigenvalue weighted by atomic mass is 35.5. The van der Waals surface area contributed by atoms with Crippen LogP contribution in [0.1, 0.15) is 25.0 Å². The number of hydrogen-bond donors (Lipinski definition) is 0. The van der Waals surface area contributed by atoms with Crippen LogP contribution >= 0.6 is 11.6 Å². The molecule has 0 aliphatic carbocycles. The maximum absolute atomic E-state index is 5.85. The monoisotopic (exact) mass is 255 g/mol. The maximum atomic E-state index is 5.85. The lowest BCUT2D eigenvalue weighted by Crippen LogP contribution is -2.23. The van der Waals surface area contributed by atoms with E-state index in [0.29, 0.717) is 12.0 Å². The van der Waals surface area contributed by atoms with Crippen molar-refractivity contribution in [1.29, 1.82) is 0 Å².